The van der Waals surface area contributed by atoms with Crippen molar-refractivity contribution >= 4 is 17.6 Å². The minimum atomic E-state index is -1.08. The summed E-state index contributed by atoms with van der Waals surface area (Å²) in [4.78, 5) is 23.1. The van der Waals surface area contributed by atoms with E-state index in [1.165, 1.54) is 6.07 Å². The lowest BCUT2D eigenvalue weighted by molar-refractivity contribution is -0.147. The maximum Gasteiger partial charge on any atom is 0.309 e. The van der Waals surface area contributed by atoms with Crippen LogP contribution in [0, 0.1) is 11.6 Å². The molecule has 0 saturated carbocycles. The number of amides is 1. The smallest absolute Gasteiger partial charge is 0.309 e. The van der Waals surface area contributed by atoms with E-state index < -0.39 is 30.1 Å². The summed E-state index contributed by atoms with van der Waals surface area (Å²) in [6.07, 6.45) is -0.0205. The Labute approximate surface area is 137 Å². The van der Waals surface area contributed by atoms with E-state index in [4.69, 9.17) is 9.47 Å². The summed E-state index contributed by atoms with van der Waals surface area (Å²) in [6, 6.07) is 11.9. The van der Waals surface area contributed by atoms with Crippen molar-refractivity contribution in [3.8, 4) is 5.75 Å². The van der Waals surface area contributed by atoms with E-state index >= 15 is 0 Å². The Morgan fingerprint density at radius 2 is 1.75 bits per heavy atom. The number of carbonyl (C=O) groups excluding carboxylic acids is 2. The van der Waals surface area contributed by atoms with Gasteiger partial charge in [0.1, 0.15) is 5.75 Å². The van der Waals surface area contributed by atoms with Crippen molar-refractivity contribution in [2.45, 2.75) is 6.42 Å². The van der Waals surface area contributed by atoms with Crippen molar-refractivity contribution in [1.29, 1.82) is 0 Å². The van der Waals surface area contributed by atoms with Crippen molar-refractivity contribution in [2.24, 2.45) is 0 Å². The van der Waals surface area contributed by atoms with Crippen LogP contribution in [0.15, 0.2) is 48.5 Å². The van der Waals surface area contributed by atoms with Crippen LogP contribution in [0.25, 0.3) is 0 Å². The highest BCUT2D eigenvalue weighted by molar-refractivity contribution is 5.92. The fourth-order valence-corrected chi connectivity index (χ4v) is 1.76. The van der Waals surface area contributed by atoms with Gasteiger partial charge in [-0.1, -0.05) is 18.2 Å². The molecule has 0 atom stereocenters. The third kappa shape index (κ3) is 5.68. The first-order valence-corrected chi connectivity index (χ1v) is 7.13. The molecule has 1 amide bonds. The summed E-state index contributed by atoms with van der Waals surface area (Å²) in [5, 5.41) is 2.29. The van der Waals surface area contributed by atoms with Crippen molar-refractivity contribution in [1.82, 2.24) is 0 Å². The van der Waals surface area contributed by atoms with E-state index in [-0.39, 0.29) is 18.7 Å². The molecule has 0 unspecified atom stereocenters. The lowest BCUT2D eigenvalue weighted by atomic mass is 10.3. The molecule has 0 aliphatic rings. The number of hydrogen-bond acceptors (Lipinski definition) is 4. The number of anilines is 1. The lowest BCUT2D eigenvalue weighted by Crippen LogP contribution is -2.21. The van der Waals surface area contributed by atoms with Gasteiger partial charge in [0.25, 0.3) is 5.91 Å². The van der Waals surface area contributed by atoms with Gasteiger partial charge in [-0.25, -0.2) is 8.78 Å². The summed E-state index contributed by atoms with van der Waals surface area (Å²) in [6.45, 7) is -0.406. The zero-order chi connectivity index (χ0) is 17.4. The number of para-hydroxylation sites is 1. The number of halogens is 2. The van der Waals surface area contributed by atoms with Gasteiger partial charge in [-0.15, -0.1) is 0 Å². The molecular formula is C17H15F2NO4. The summed E-state index contributed by atoms with van der Waals surface area (Å²) < 4.78 is 35.9. The first-order chi connectivity index (χ1) is 11.5. The quantitative estimate of drug-likeness (QED) is 0.790. The molecule has 0 saturated heterocycles. The van der Waals surface area contributed by atoms with Gasteiger partial charge >= 0.3 is 5.97 Å². The molecule has 2 aromatic carbocycles. The maximum atomic E-state index is 13.0. The van der Waals surface area contributed by atoms with Crippen LogP contribution in [0.5, 0.6) is 5.75 Å². The van der Waals surface area contributed by atoms with Crippen LogP contribution in [-0.2, 0) is 14.3 Å². The second kappa shape index (κ2) is 8.61. The summed E-state index contributed by atoms with van der Waals surface area (Å²) in [7, 11) is 0. The van der Waals surface area contributed by atoms with E-state index in [1.54, 1.807) is 24.3 Å². The summed E-state index contributed by atoms with van der Waals surface area (Å²) >= 11 is 0. The Hall–Kier alpha value is -2.96. The average Bonchev–Trinajstić information content (AvgIpc) is 2.57. The fraction of sp³-hybridized carbons (Fsp3) is 0.176. The number of rotatable bonds is 7. The molecule has 5 nitrogen and oxygen atoms in total. The molecule has 1 N–H and O–H groups in total. The molecule has 0 radical (unpaired) electrons. The Morgan fingerprint density at radius 3 is 2.46 bits per heavy atom. The Bertz CT molecular complexity index is 707. The molecule has 0 spiro atoms. The second-order valence-corrected chi connectivity index (χ2v) is 4.75. The second-order valence-electron chi connectivity index (χ2n) is 4.75. The molecule has 0 fully saturated rings. The van der Waals surface area contributed by atoms with Gasteiger partial charge in [-0.05, 0) is 24.3 Å². The maximum absolute atomic E-state index is 13.0. The molecule has 7 heteroatoms. The third-order valence-corrected chi connectivity index (χ3v) is 2.89. The first kappa shape index (κ1) is 17.4. The van der Waals surface area contributed by atoms with Gasteiger partial charge < -0.3 is 14.8 Å². The van der Waals surface area contributed by atoms with Crippen LogP contribution in [0.2, 0.25) is 0 Å². The normalized spacial score (nSPS) is 10.1. The number of esters is 1. The molecule has 24 heavy (non-hydrogen) atoms. The number of carbonyl (C=O) groups is 2. The highest BCUT2D eigenvalue weighted by Crippen LogP contribution is 2.13. The van der Waals surface area contributed by atoms with Crippen LogP contribution in [-0.4, -0.2) is 25.1 Å². The van der Waals surface area contributed by atoms with E-state index in [0.29, 0.717) is 5.75 Å². The van der Waals surface area contributed by atoms with Crippen LogP contribution < -0.4 is 10.1 Å². The molecular weight excluding hydrogens is 320 g/mol. The Kier molecular flexibility index (Phi) is 6.24. The first-order valence-electron chi connectivity index (χ1n) is 7.13. The van der Waals surface area contributed by atoms with Crippen LogP contribution in [0.1, 0.15) is 6.42 Å². The van der Waals surface area contributed by atoms with Gasteiger partial charge in [0, 0.05) is 11.8 Å². The largest absolute Gasteiger partial charge is 0.493 e. The number of nitrogens with one attached hydrogen (secondary N) is 1. The third-order valence-electron chi connectivity index (χ3n) is 2.89. The molecule has 0 heterocycles. The minimum Gasteiger partial charge on any atom is -0.493 e. The Balaban J connectivity index is 1.67. The van der Waals surface area contributed by atoms with Crippen molar-refractivity contribution < 1.29 is 27.8 Å². The predicted octanol–water partition coefficient (Wildman–Crippen LogP) is 2.92. The van der Waals surface area contributed by atoms with E-state index in [2.05, 4.69) is 5.32 Å². The zero-order valence-electron chi connectivity index (χ0n) is 12.6. The van der Waals surface area contributed by atoms with Crippen LogP contribution >= 0.6 is 0 Å². The van der Waals surface area contributed by atoms with E-state index in [1.807, 2.05) is 6.07 Å². The van der Waals surface area contributed by atoms with E-state index in [0.717, 1.165) is 12.1 Å². The molecule has 0 aliphatic heterocycles. The van der Waals surface area contributed by atoms with Crippen molar-refractivity contribution in [2.75, 3.05) is 18.5 Å². The molecule has 0 bridgehead atoms. The van der Waals surface area contributed by atoms with Crippen molar-refractivity contribution in [3.63, 3.8) is 0 Å². The van der Waals surface area contributed by atoms with Gasteiger partial charge in [-0.2, -0.15) is 0 Å². The van der Waals surface area contributed by atoms with Gasteiger partial charge in [0.2, 0.25) is 0 Å². The standard InChI is InChI=1S/C17H15F2NO4/c18-14-7-6-12(10-15(14)19)20-16(21)11-24-17(22)8-9-23-13-4-2-1-3-5-13/h1-7,10H,8-9,11H2,(H,20,21). The molecule has 126 valence electrons. The summed E-state index contributed by atoms with van der Waals surface area (Å²) in [5.41, 5.74) is 0.0716. The average molecular weight is 335 g/mol. The van der Waals surface area contributed by atoms with Gasteiger partial charge in [0.05, 0.1) is 13.0 Å². The monoisotopic (exact) mass is 335 g/mol. The molecule has 0 aromatic heterocycles. The zero-order valence-corrected chi connectivity index (χ0v) is 12.6. The van der Waals surface area contributed by atoms with Gasteiger partial charge in [-0.3, -0.25) is 9.59 Å². The highest BCUT2D eigenvalue weighted by atomic mass is 19.2. The topological polar surface area (TPSA) is 64.6 Å². The Morgan fingerprint density at radius 1 is 1.00 bits per heavy atom. The molecule has 0 aliphatic carbocycles. The number of benzene rings is 2. The summed E-state index contributed by atoms with van der Waals surface area (Å²) in [5.74, 6) is -2.73. The lowest BCUT2D eigenvalue weighted by Gasteiger charge is -2.08. The van der Waals surface area contributed by atoms with E-state index in [9.17, 15) is 18.4 Å². The highest BCUT2D eigenvalue weighted by Gasteiger charge is 2.10. The SMILES string of the molecule is O=C(COC(=O)CCOc1ccccc1)Nc1ccc(F)c(F)c1. The van der Waals surface area contributed by atoms with Gasteiger partial charge in [0.15, 0.2) is 18.2 Å². The molecule has 2 aromatic rings. The predicted molar refractivity (Wildman–Crippen MR) is 82.5 cm³/mol. The van der Waals surface area contributed by atoms with Crippen LogP contribution in [0.3, 0.4) is 0 Å². The number of ether oxygens (including phenoxy) is 2. The minimum absolute atomic E-state index is 0.0205. The fourth-order valence-electron chi connectivity index (χ4n) is 1.76. The number of hydrogen-bond donors (Lipinski definition) is 1. The van der Waals surface area contributed by atoms with Crippen LogP contribution in [0.4, 0.5) is 14.5 Å². The van der Waals surface area contributed by atoms with Crippen molar-refractivity contribution in [3.05, 3.63) is 60.2 Å². The molecule has 2 rings (SSSR count).